The van der Waals surface area contributed by atoms with Crippen molar-refractivity contribution in [1.29, 1.82) is 0 Å². The van der Waals surface area contributed by atoms with Crippen molar-refractivity contribution in [3.63, 3.8) is 0 Å². The Hall–Kier alpha value is -1.07. The molecular formula is C9H14O5. The van der Waals surface area contributed by atoms with E-state index >= 15 is 0 Å². The van der Waals surface area contributed by atoms with E-state index in [9.17, 15) is 4.79 Å². The Balaban J connectivity index is 2.06. The summed E-state index contributed by atoms with van der Waals surface area (Å²) >= 11 is 0. The minimum absolute atomic E-state index is 0.0719. The third-order valence-corrected chi connectivity index (χ3v) is 1.86. The van der Waals surface area contributed by atoms with Crippen LogP contribution < -0.4 is 0 Å². The lowest BCUT2D eigenvalue weighted by molar-refractivity contribution is -0.135. The molecule has 80 valence electrons. The number of hydrogen-bond donors (Lipinski definition) is 1. The van der Waals surface area contributed by atoms with Crippen molar-refractivity contribution in [2.45, 2.75) is 25.2 Å². The summed E-state index contributed by atoms with van der Waals surface area (Å²) in [5.41, 5.74) is 0. The Labute approximate surface area is 82.3 Å². The molecule has 5 nitrogen and oxygen atoms in total. The van der Waals surface area contributed by atoms with Crippen LogP contribution in [0, 0.1) is 0 Å². The molecule has 0 aliphatic carbocycles. The number of ether oxygens (including phenoxy) is 3. The highest BCUT2D eigenvalue weighted by Gasteiger charge is 2.42. The summed E-state index contributed by atoms with van der Waals surface area (Å²) in [6.07, 6.45) is 1.75. The standard InChI is InChI=1S/C9H14O5/c1-6(10)9-7(14-9)5-13-4-3-8(11)12-2/h3-4,6-7,9-10H,5H2,1-2H3/b4-3+/t6-,7-,9-/m0/s1. The van der Waals surface area contributed by atoms with Crippen LogP contribution in [0.4, 0.5) is 0 Å². The number of hydrogen-bond acceptors (Lipinski definition) is 5. The molecule has 5 heteroatoms. The molecule has 14 heavy (non-hydrogen) atoms. The SMILES string of the molecule is COC(=O)/C=C/OC[C@@H]1O[C@H]1[C@H](C)O. The van der Waals surface area contributed by atoms with Gasteiger partial charge in [0.1, 0.15) is 18.8 Å². The Kier molecular flexibility index (Phi) is 3.91. The maximum atomic E-state index is 10.6. The van der Waals surface area contributed by atoms with Gasteiger partial charge in [0.25, 0.3) is 0 Å². The van der Waals surface area contributed by atoms with Crippen molar-refractivity contribution in [3.05, 3.63) is 12.3 Å². The van der Waals surface area contributed by atoms with Crippen LogP contribution in [0.5, 0.6) is 0 Å². The number of carbonyl (C=O) groups excluding carboxylic acids is 1. The second kappa shape index (κ2) is 4.97. The fourth-order valence-corrected chi connectivity index (χ4v) is 1.04. The second-order valence-corrected chi connectivity index (χ2v) is 3.04. The molecule has 0 aromatic carbocycles. The minimum Gasteiger partial charge on any atom is -0.498 e. The zero-order valence-corrected chi connectivity index (χ0v) is 8.17. The molecule has 0 spiro atoms. The fourth-order valence-electron chi connectivity index (χ4n) is 1.04. The summed E-state index contributed by atoms with van der Waals surface area (Å²) in [5, 5.41) is 9.07. The fraction of sp³-hybridized carbons (Fsp3) is 0.667. The maximum Gasteiger partial charge on any atom is 0.333 e. The summed E-state index contributed by atoms with van der Waals surface area (Å²) in [6.45, 7) is 2.00. The van der Waals surface area contributed by atoms with Gasteiger partial charge < -0.3 is 19.3 Å². The predicted molar refractivity (Wildman–Crippen MR) is 47.4 cm³/mol. The van der Waals surface area contributed by atoms with Gasteiger partial charge in [0.2, 0.25) is 0 Å². The van der Waals surface area contributed by atoms with E-state index in [2.05, 4.69) is 4.74 Å². The number of rotatable bonds is 5. The molecule has 1 aliphatic heterocycles. The molecular weight excluding hydrogens is 188 g/mol. The summed E-state index contributed by atoms with van der Waals surface area (Å²) < 4.78 is 14.4. The number of esters is 1. The number of aliphatic hydroxyl groups excluding tert-OH is 1. The first-order valence-electron chi connectivity index (χ1n) is 4.34. The highest BCUT2D eigenvalue weighted by Crippen LogP contribution is 2.25. The molecule has 0 saturated carbocycles. The van der Waals surface area contributed by atoms with E-state index in [-0.39, 0.29) is 12.2 Å². The molecule has 1 rings (SSSR count). The summed E-state index contributed by atoms with van der Waals surface area (Å²) in [4.78, 5) is 10.6. The lowest BCUT2D eigenvalue weighted by Crippen LogP contribution is -2.14. The van der Waals surface area contributed by atoms with Gasteiger partial charge in [-0.3, -0.25) is 0 Å². The Morgan fingerprint density at radius 2 is 2.43 bits per heavy atom. The molecule has 1 fully saturated rings. The predicted octanol–water partition coefficient (Wildman–Crippen LogP) is -0.162. The van der Waals surface area contributed by atoms with E-state index in [4.69, 9.17) is 14.6 Å². The Morgan fingerprint density at radius 3 is 2.93 bits per heavy atom. The zero-order valence-electron chi connectivity index (χ0n) is 8.17. The molecule has 0 aromatic heterocycles. The van der Waals surface area contributed by atoms with Crippen molar-refractivity contribution in [1.82, 2.24) is 0 Å². The van der Waals surface area contributed by atoms with Crippen LogP contribution in [0.25, 0.3) is 0 Å². The number of epoxide rings is 1. The Morgan fingerprint density at radius 1 is 1.71 bits per heavy atom. The van der Waals surface area contributed by atoms with Gasteiger partial charge in [0.05, 0.1) is 25.6 Å². The average Bonchev–Trinajstić information content (AvgIpc) is 2.91. The first-order chi connectivity index (χ1) is 6.65. The first kappa shape index (κ1) is 11.0. The molecule has 3 atom stereocenters. The number of methoxy groups -OCH3 is 1. The molecule has 0 bridgehead atoms. The van der Waals surface area contributed by atoms with Gasteiger partial charge in [-0.25, -0.2) is 4.79 Å². The van der Waals surface area contributed by atoms with Crippen LogP contribution in [0.2, 0.25) is 0 Å². The van der Waals surface area contributed by atoms with Crippen molar-refractivity contribution in [2.24, 2.45) is 0 Å². The summed E-state index contributed by atoms with van der Waals surface area (Å²) in [7, 11) is 1.29. The third kappa shape index (κ3) is 3.35. The highest BCUT2D eigenvalue weighted by molar-refractivity contribution is 5.81. The van der Waals surface area contributed by atoms with Crippen molar-refractivity contribution in [2.75, 3.05) is 13.7 Å². The monoisotopic (exact) mass is 202 g/mol. The molecule has 1 aliphatic rings. The highest BCUT2D eigenvalue weighted by atomic mass is 16.6. The van der Waals surface area contributed by atoms with Crippen molar-refractivity contribution >= 4 is 5.97 Å². The smallest absolute Gasteiger partial charge is 0.333 e. The molecule has 0 radical (unpaired) electrons. The largest absolute Gasteiger partial charge is 0.498 e. The van der Waals surface area contributed by atoms with Crippen molar-refractivity contribution < 1.29 is 24.1 Å². The summed E-state index contributed by atoms with van der Waals surface area (Å²) in [6, 6.07) is 0. The van der Waals surface area contributed by atoms with Gasteiger partial charge >= 0.3 is 5.97 Å². The van der Waals surface area contributed by atoms with Gasteiger partial charge in [-0.2, -0.15) is 0 Å². The van der Waals surface area contributed by atoms with Crippen LogP contribution >= 0.6 is 0 Å². The van der Waals surface area contributed by atoms with Gasteiger partial charge in [0.15, 0.2) is 0 Å². The van der Waals surface area contributed by atoms with Crippen LogP contribution in [0.15, 0.2) is 12.3 Å². The lowest BCUT2D eigenvalue weighted by Gasteiger charge is -1.98. The molecule has 0 aromatic rings. The number of aliphatic hydroxyl groups is 1. The van der Waals surface area contributed by atoms with Crippen LogP contribution in [-0.4, -0.2) is 43.1 Å². The average molecular weight is 202 g/mol. The van der Waals surface area contributed by atoms with E-state index in [0.717, 1.165) is 0 Å². The topological polar surface area (TPSA) is 68.3 Å². The van der Waals surface area contributed by atoms with E-state index in [0.29, 0.717) is 6.61 Å². The molecule has 0 amide bonds. The van der Waals surface area contributed by atoms with Gasteiger partial charge in [-0.1, -0.05) is 0 Å². The summed E-state index contributed by atoms with van der Waals surface area (Å²) in [5.74, 6) is -0.464. The molecule has 1 heterocycles. The van der Waals surface area contributed by atoms with Gasteiger partial charge in [0, 0.05) is 0 Å². The zero-order chi connectivity index (χ0) is 10.6. The lowest BCUT2D eigenvalue weighted by atomic mass is 10.2. The van der Waals surface area contributed by atoms with Crippen LogP contribution in [-0.2, 0) is 19.0 Å². The van der Waals surface area contributed by atoms with Gasteiger partial charge in [-0.15, -0.1) is 0 Å². The third-order valence-electron chi connectivity index (χ3n) is 1.86. The van der Waals surface area contributed by atoms with Crippen LogP contribution in [0.1, 0.15) is 6.92 Å². The van der Waals surface area contributed by atoms with Crippen LogP contribution in [0.3, 0.4) is 0 Å². The molecule has 1 saturated heterocycles. The van der Waals surface area contributed by atoms with Crippen molar-refractivity contribution in [3.8, 4) is 0 Å². The Bertz CT molecular complexity index is 223. The van der Waals surface area contributed by atoms with E-state index in [1.165, 1.54) is 19.4 Å². The quantitative estimate of drug-likeness (QED) is 0.290. The van der Waals surface area contributed by atoms with Gasteiger partial charge in [-0.05, 0) is 6.92 Å². The number of carbonyl (C=O) groups is 1. The second-order valence-electron chi connectivity index (χ2n) is 3.04. The van der Waals surface area contributed by atoms with E-state index in [1.54, 1.807) is 6.92 Å². The normalized spacial score (nSPS) is 27.4. The van der Waals surface area contributed by atoms with E-state index in [1.807, 2.05) is 0 Å². The molecule has 1 N–H and O–H groups in total. The first-order valence-corrected chi connectivity index (χ1v) is 4.34. The minimum atomic E-state index is -0.479. The maximum absolute atomic E-state index is 10.6. The van der Waals surface area contributed by atoms with E-state index < -0.39 is 12.1 Å². The molecule has 0 unspecified atom stereocenters.